The van der Waals surface area contributed by atoms with Gasteiger partial charge in [0.2, 0.25) is 5.82 Å². The second-order valence-electron chi connectivity index (χ2n) is 3.71. The van der Waals surface area contributed by atoms with Gasteiger partial charge in [0.05, 0.1) is 4.92 Å². The van der Waals surface area contributed by atoms with E-state index < -0.39 is 22.3 Å². The number of halogens is 3. The van der Waals surface area contributed by atoms with Crippen molar-refractivity contribution >= 4 is 40.5 Å². The van der Waals surface area contributed by atoms with Crippen molar-refractivity contribution in [2.45, 2.75) is 0 Å². The van der Waals surface area contributed by atoms with Crippen LogP contribution in [0.15, 0.2) is 24.5 Å². The van der Waals surface area contributed by atoms with Crippen LogP contribution >= 0.6 is 23.2 Å². The molecule has 1 N–H and O–H groups in total. The number of nitro groups is 1. The summed E-state index contributed by atoms with van der Waals surface area (Å²) < 4.78 is 13.2. The molecule has 0 bridgehead atoms. The van der Waals surface area contributed by atoms with Crippen LogP contribution in [0.25, 0.3) is 0 Å². The summed E-state index contributed by atoms with van der Waals surface area (Å²) in [5.74, 6) is -1.81. The Morgan fingerprint density at radius 3 is 2.48 bits per heavy atom. The summed E-state index contributed by atoms with van der Waals surface area (Å²) in [4.78, 5) is 28.9. The van der Waals surface area contributed by atoms with Crippen LogP contribution in [0.1, 0.15) is 10.4 Å². The molecule has 0 saturated carbocycles. The van der Waals surface area contributed by atoms with E-state index in [2.05, 4.69) is 15.3 Å². The molecule has 0 aliphatic carbocycles. The Kier molecular flexibility index (Phi) is 4.29. The fourth-order valence-corrected chi connectivity index (χ4v) is 1.84. The maximum absolute atomic E-state index is 13.2. The van der Waals surface area contributed by atoms with Crippen LogP contribution in [-0.4, -0.2) is 20.8 Å². The van der Waals surface area contributed by atoms with E-state index in [1.807, 2.05) is 0 Å². The molecule has 1 aromatic heterocycles. The first-order valence-electron chi connectivity index (χ1n) is 5.31. The first-order chi connectivity index (χ1) is 9.90. The lowest BCUT2D eigenvalue weighted by Crippen LogP contribution is -2.14. The Morgan fingerprint density at radius 2 is 1.90 bits per heavy atom. The molecule has 1 aromatic carbocycles. The summed E-state index contributed by atoms with van der Waals surface area (Å²) in [6, 6.07) is 2.71. The molecule has 7 nitrogen and oxygen atoms in total. The number of nitrogens with zero attached hydrogens (tertiary/aromatic N) is 3. The van der Waals surface area contributed by atoms with Gasteiger partial charge in [-0.1, -0.05) is 23.2 Å². The molecule has 2 rings (SSSR count). The van der Waals surface area contributed by atoms with Gasteiger partial charge in [0.1, 0.15) is 12.0 Å². The smallest absolute Gasteiger partial charge is 0.305 e. The molecular weight excluding hydrogens is 326 g/mol. The van der Waals surface area contributed by atoms with E-state index in [1.54, 1.807) is 0 Å². The lowest BCUT2D eigenvalue weighted by Gasteiger charge is -2.07. The number of anilines is 1. The predicted octanol–water partition coefficient (Wildman–Crippen LogP) is 3.08. The molecule has 0 spiro atoms. The first-order valence-corrected chi connectivity index (χ1v) is 6.07. The van der Waals surface area contributed by atoms with Crippen LogP contribution in [0.2, 0.25) is 10.3 Å². The van der Waals surface area contributed by atoms with E-state index >= 15 is 0 Å². The van der Waals surface area contributed by atoms with E-state index in [9.17, 15) is 19.3 Å². The van der Waals surface area contributed by atoms with Gasteiger partial charge < -0.3 is 5.32 Å². The Morgan fingerprint density at radius 1 is 1.29 bits per heavy atom. The van der Waals surface area contributed by atoms with Crippen LogP contribution in [0, 0.1) is 15.9 Å². The third-order valence-corrected chi connectivity index (χ3v) is 2.97. The number of carbonyl (C=O) groups excluding carboxylic acids is 1. The summed E-state index contributed by atoms with van der Waals surface area (Å²) in [7, 11) is 0. The Hall–Kier alpha value is -2.32. The minimum atomic E-state index is -1.05. The van der Waals surface area contributed by atoms with Crippen molar-refractivity contribution in [2.24, 2.45) is 0 Å². The highest BCUT2D eigenvalue weighted by Gasteiger charge is 2.19. The van der Waals surface area contributed by atoms with Gasteiger partial charge in [-0.2, -0.15) is 4.39 Å². The highest BCUT2D eigenvalue weighted by atomic mass is 35.5. The average Bonchev–Trinajstić information content (AvgIpc) is 2.43. The number of aromatic nitrogens is 2. The molecule has 1 heterocycles. The van der Waals surface area contributed by atoms with Crippen molar-refractivity contribution in [3.05, 3.63) is 56.3 Å². The summed E-state index contributed by atoms with van der Waals surface area (Å²) >= 11 is 11.5. The standard InChI is InChI=1S/C11H5Cl2FN4O3/c12-9-8(10(13)16-4-15-9)17-11(19)5-1-2-6(14)7(3-5)18(20)21/h1-4H,(H,17,19). The largest absolute Gasteiger partial charge is 0.317 e. The second-order valence-corrected chi connectivity index (χ2v) is 4.42. The molecule has 0 fully saturated rings. The van der Waals surface area contributed by atoms with Crippen molar-refractivity contribution in [1.29, 1.82) is 0 Å². The fourth-order valence-electron chi connectivity index (χ4n) is 1.43. The quantitative estimate of drug-likeness (QED) is 0.529. The minimum absolute atomic E-state index is 0.0437. The van der Waals surface area contributed by atoms with Crippen molar-refractivity contribution in [2.75, 3.05) is 5.32 Å². The number of carbonyl (C=O) groups is 1. The molecule has 10 heteroatoms. The number of nitro benzene ring substituents is 1. The minimum Gasteiger partial charge on any atom is -0.317 e. The Bertz CT molecular complexity index is 721. The van der Waals surface area contributed by atoms with E-state index in [0.717, 1.165) is 24.5 Å². The van der Waals surface area contributed by atoms with E-state index in [4.69, 9.17) is 23.2 Å². The molecule has 108 valence electrons. The summed E-state index contributed by atoms with van der Waals surface area (Å²) in [5.41, 5.74) is -0.999. The van der Waals surface area contributed by atoms with Gasteiger partial charge in [-0.3, -0.25) is 14.9 Å². The predicted molar refractivity (Wildman–Crippen MR) is 73.1 cm³/mol. The molecule has 0 radical (unpaired) electrons. The molecule has 2 aromatic rings. The van der Waals surface area contributed by atoms with Gasteiger partial charge in [-0.05, 0) is 12.1 Å². The van der Waals surface area contributed by atoms with E-state index in [1.165, 1.54) is 0 Å². The third kappa shape index (κ3) is 3.23. The molecule has 0 aliphatic rings. The average molecular weight is 331 g/mol. The maximum Gasteiger partial charge on any atom is 0.305 e. The van der Waals surface area contributed by atoms with Gasteiger partial charge in [0, 0.05) is 11.6 Å². The first kappa shape index (κ1) is 15.1. The molecule has 21 heavy (non-hydrogen) atoms. The molecule has 0 saturated heterocycles. The maximum atomic E-state index is 13.2. The number of rotatable bonds is 3. The van der Waals surface area contributed by atoms with Gasteiger partial charge in [0.25, 0.3) is 5.91 Å². The van der Waals surface area contributed by atoms with Crippen LogP contribution in [0.4, 0.5) is 15.8 Å². The summed E-state index contributed by atoms with van der Waals surface area (Å²) in [5, 5.41) is 12.7. The van der Waals surface area contributed by atoms with Crippen molar-refractivity contribution in [3.63, 3.8) is 0 Å². The molecule has 1 amide bonds. The molecule has 0 aliphatic heterocycles. The van der Waals surface area contributed by atoms with E-state index in [0.29, 0.717) is 0 Å². The highest BCUT2D eigenvalue weighted by Crippen LogP contribution is 2.27. The molecular formula is C11H5Cl2FN4O3. The van der Waals surface area contributed by atoms with Crippen LogP contribution in [0.5, 0.6) is 0 Å². The van der Waals surface area contributed by atoms with E-state index in [-0.39, 0.29) is 21.6 Å². The zero-order valence-electron chi connectivity index (χ0n) is 10.0. The Labute approximate surface area is 126 Å². The van der Waals surface area contributed by atoms with Gasteiger partial charge in [-0.15, -0.1) is 0 Å². The second kappa shape index (κ2) is 5.98. The van der Waals surface area contributed by atoms with Crippen molar-refractivity contribution in [1.82, 2.24) is 9.97 Å². The van der Waals surface area contributed by atoms with Crippen LogP contribution in [-0.2, 0) is 0 Å². The third-order valence-electron chi connectivity index (χ3n) is 2.40. The van der Waals surface area contributed by atoms with Crippen LogP contribution in [0.3, 0.4) is 0 Å². The highest BCUT2D eigenvalue weighted by molar-refractivity contribution is 6.38. The lowest BCUT2D eigenvalue weighted by molar-refractivity contribution is -0.387. The zero-order valence-corrected chi connectivity index (χ0v) is 11.5. The van der Waals surface area contributed by atoms with Gasteiger partial charge in [0.15, 0.2) is 10.3 Å². The van der Waals surface area contributed by atoms with Gasteiger partial charge in [-0.25, -0.2) is 9.97 Å². The van der Waals surface area contributed by atoms with Crippen molar-refractivity contribution < 1.29 is 14.1 Å². The lowest BCUT2D eigenvalue weighted by atomic mass is 10.2. The molecule has 0 unspecified atom stereocenters. The number of benzene rings is 1. The topological polar surface area (TPSA) is 98.0 Å². The summed E-state index contributed by atoms with van der Waals surface area (Å²) in [6.07, 6.45) is 1.10. The molecule has 0 atom stereocenters. The fraction of sp³-hybridized carbons (Fsp3) is 0. The number of amides is 1. The van der Waals surface area contributed by atoms with Gasteiger partial charge >= 0.3 is 5.69 Å². The number of nitrogens with one attached hydrogen (secondary N) is 1. The normalized spacial score (nSPS) is 10.2. The number of hydrogen-bond donors (Lipinski definition) is 1. The SMILES string of the molecule is O=C(Nc1c(Cl)ncnc1Cl)c1ccc(F)c([N+](=O)[O-])c1. The summed E-state index contributed by atoms with van der Waals surface area (Å²) in [6.45, 7) is 0. The van der Waals surface area contributed by atoms with Crippen molar-refractivity contribution in [3.8, 4) is 0 Å². The van der Waals surface area contributed by atoms with Crippen LogP contribution < -0.4 is 5.32 Å². The zero-order chi connectivity index (χ0) is 15.6. The number of hydrogen-bond acceptors (Lipinski definition) is 5. The monoisotopic (exact) mass is 330 g/mol. The Balaban J connectivity index is 2.33.